The minimum Gasteiger partial charge on any atom is -0.348 e. The molecule has 0 aliphatic heterocycles. The van der Waals surface area contributed by atoms with Gasteiger partial charge in [0.1, 0.15) is 12.7 Å². The molecule has 0 atom stereocenters. The first-order valence-corrected chi connectivity index (χ1v) is 6.75. The maximum atomic E-state index is 11.5. The summed E-state index contributed by atoms with van der Waals surface area (Å²) in [5, 5.41) is 6.90. The third kappa shape index (κ3) is 5.06. The SMILES string of the molecule is C/C=C/C=C/C(=O)NCc1ccc(Cn2cncn2)cc1. The van der Waals surface area contributed by atoms with Crippen LogP contribution < -0.4 is 5.32 Å². The fourth-order valence-electron chi connectivity index (χ4n) is 1.77. The largest absolute Gasteiger partial charge is 0.348 e. The molecule has 0 aliphatic rings. The van der Waals surface area contributed by atoms with Crippen molar-refractivity contribution in [2.75, 3.05) is 0 Å². The van der Waals surface area contributed by atoms with Crippen LogP contribution in [0.5, 0.6) is 0 Å². The normalized spacial score (nSPS) is 11.3. The molecule has 2 rings (SSSR count). The molecule has 5 nitrogen and oxygen atoms in total. The number of rotatable bonds is 6. The van der Waals surface area contributed by atoms with Crippen LogP contribution in [0.25, 0.3) is 0 Å². The molecule has 0 radical (unpaired) electrons. The molecular formula is C16H18N4O. The number of amides is 1. The number of allylic oxidation sites excluding steroid dienone is 3. The number of benzene rings is 1. The van der Waals surface area contributed by atoms with E-state index in [1.807, 2.05) is 43.3 Å². The summed E-state index contributed by atoms with van der Waals surface area (Å²) >= 11 is 0. The van der Waals surface area contributed by atoms with E-state index in [2.05, 4.69) is 15.4 Å². The highest BCUT2D eigenvalue weighted by molar-refractivity contribution is 5.87. The maximum absolute atomic E-state index is 11.5. The molecule has 108 valence electrons. The van der Waals surface area contributed by atoms with E-state index in [-0.39, 0.29) is 5.91 Å². The van der Waals surface area contributed by atoms with Crippen molar-refractivity contribution in [1.29, 1.82) is 0 Å². The highest BCUT2D eigenvalue weighted by atomic mass is 16.1. The standard InChI is InChI=1S/C16H18N4O/c1-2-3-4-5-16(21)18-10-14-6-8-15(9-7-14)11-20-13-17-12-19-20/h2-9,12-13H,10-11H2,1H3,(H,18,21)/b3-2+,5-4+. The van der Waals surface area contributed by atoms with E-state index in [0.29, 0.717) is 13.1 Å². The van der Waals surface area contributed by atoms with Crippen molar-refractivity contribution in [2.24, 2.45) is 0 Å². The number of carbonyl (C=O) groups excluding carboxylic acids is 1. The second-order valence-corrected chi connectivity index (χ2v) is 4.51. The summed E-state index contributed by atoms with van der Waals surface area (Å²) in [4.78, 5) is 15.4. The Hall–Kier alpha value is -2.69. The van der Waals surface area contributed by atoms with Crippen LogP contribution in [0.1, 0.15) is 18.1 Å². The van der Waals surface area contributed by atoms with Crippen molar-refractivity contribution in [1.82, 2.24) is 20.1 Å². The zero-order chi connectivity index (χ0) is 14.9. The molecule has 2 aromatic rings. The summed E-state index contributed by atoms with van der Waals surface area (Å²) in [6.07, 6.45) is 10.1. The average molecular weight is 282 g/mol. The Morgan fingerprint density at radius 1 is 1.24 bits per heavy atom. The third-order valence-corrected chi connectivity index (χ3v) is 2.85. The molecule has 1 amide bonds. The molecule has 0 saturated carbocycles. The minimum atomic E-state index is -0.0974. The molecule has 5 heteroatoms. The number of nitrogens with one attached hydrogen (secondary N) is 1. The van der Waals surface area contributed by atoms with Crippen molar-refractivity contribution >= 4 is 5.91 Å². The fraction of sp³-hybridized carbons (Fsp3) is 0.188. The molecule has 0 bridgehead atoms. The van der Waals surface area contributed by atoms with Crippen LogP contribution in [0.15, 0.2) is 61.2 Å². The molecule has 1 heterocycles. The van der Waals surface area contributed by atoms with Gasteiger partial charge in [-0.2, -0.15) is 5.10 Å². The van der Waals surface area contributed by atoms with Gasteiger partial charge in [-0.1, -0.05) is 42.5 Å². The fourth-order valence-corrected chi connectivity index (χ4v) is 1.77. The number of aromatic nitrogens is 3. The zero-order valence-electron chi connectivity index (χ0n) is 11.9. The first-order chi connectivity index (χ1) is 10.3. The lowest BCUT2D eigenvalue weighted by Gasteiger charge is -2.05. The zero-order valence-corrected chi connectivity index (χ0v) is 11.9. The Kier molecular flexibility index (Phi) is 5.46. The Morgan fingerprint density at radius 3 is 2.67 bits per heavy atom. The lowest BCUT2D eigenvalue weighted by atomic mass is 10.1. The Labute approximate surface area is 124 Å². The predicted octanol–water partition coefficient (Wildman–Crippen LogP) is 2.07. The molecule has 0 saturated heterocycles. The Bertz CT molecular complexity index is 612. The van der Waals surface area contributed by atoms with Crippen molar-refractivity contribution in [2.45, 2.75) is 20.0 Å². The van der Waals surface area contributed by atoms with Crippen LogP contribution in [0.4, 0.5) is 0 Å². The van der Waals surface area contributed by atoms with Crippen molar-refractivity contribution in [3.63, 3.8) is 0 Å². The second kappa shape index (κ2) is 7.79. The Morgan fingerprint density at radius 2 is 2.00 bits per heavy atom. The van der Waals surface area contributed by atoms with Crippen LogP contribution >= 0.6 is 0 Å². The second-order valence-electron chi connectivity index (χ2n) is 4.51. The summed E-state index contributed by atoms with van der Waals surface area (Å²) in [6, 6.07) is 8.06. The third-order valence-electron chi connectivity index (χ3n) is 2.85. The smallest absolute Gasteiger partial charge is 0.244 e. The van der Waals surface area contributed by atoms with Gasteiger partial charge >= 0.3 is 0 Å². The van der Waals surface area contributed by atoms with Gasteiger partial charge in [-0.05, 0) is 18.1 Å². The summed E-state index contributed by atoms with van der Waals surface area (Å²) in [5.74, 6) is -0.0974. The van der Waals surface area contributed by atoms with E-state index >= 15 is 0 Å². The molecule has 0 fully saturated rings. The van der Waals surface area contributed by atoms with Crippen LogP contribution in [-0.4, -0.2) is 20.7 Å². The molecule has 0 spiro atoms. The van der Waals surface area contributed by atoms with Gasteiger partial charge in [-0.15, -0.1) is 0 Å². The lowest BCUT2D eigenvalue weighted by Crippen LogP contribution is -2.20. The van der Waals surface area contributed by atoms with E-state index in [0.717, 1.165) is 11.1 Å². The topological polar surface area (TPSA) is 59.8 Å². The summed E-state index contributed by atoms with van der Waals surface area (Å²) < 4.78 is 1.77. The summed E-state index contributed by atoms with van der Waals surface area (Å²) in [6.45, 7) is 3.12. The van der Waals surface area contributed by atoms with Crippen LogP contribution in [0.3, 0.4) is 0 Å². The van der Waals surface area contributed by atoms with E-state index in [1.165, 1.54) is 12.4 Å². The van der Waals surface area contributed by atoms with Crippen LogP contribution in [-0.2, 0) is 17.9 Å². The van der Waals surface area contributed by atoms with E-state index < -0.39 is 0 Å². The highest BCUT2D eigenvalue weighted by Gasteiger charge is 1.99. The highest BCUT2D eigenvalue weighted by Crippen LogP contribution is 2.05. The molecule has 0 aliphatic carbocycles. The van der Waals surface area contributed by atoms with Gasteiger partial charge in [0.15, 0.2) is 0 Å². The van der Waals surface area contributed by atoms with Crippen molar-refractivity contribution < 1.29 is 4.79 Å². The molecule has 1 aromatic carbocycles. The molecule has 0 unspecified atom stereocenters. The number of hydrogen-bond donors (Lipinski definition) is 1. The monoisotopic (exact) mass is 282 g/mol. The molecule has 1 N–H and O–H groups in total. The van der Waals surface area contributed by atoms with Gasteiger partial charge < -0.3 is 5.32 Å². The van der Waals surface area contributed by atoms with E-state index in [9.17, 15) is 4.79 Å². The quantitative estimate of drug-likeness (QED) is 0.652. The minimum absolute atomic E-state index is 0.0974. The van der Waals surface area contributed by atoms with Gasteiger partial charge in [0.2, 0.25) is 5.91 Å². The number of nitrogens with zero attached hydrogens (tertiary/aromatic N) is 3. The van der Waals surface area contributed by atoms with E-state index in [4.69, 9.17) is 0 Å². The summed E-state index contributed by atoms with van der Waals surface area (Å²) in [7, 11) is 0. The molecular weight excluding hydrogens is 264 g/mol. The van der Waals surface area contributed by atoms with Crippen molar-refractivity contribution in [3.8, 4) is 0 Å². The van der Waals surface area contributed by atoms with Crippen molar-refractivity contribution in [3.05, 3.63) is 72.4 Å². The van der Waals surface area contributed by atoms with E-state index in [1.54, 1.807) is 17.1 Å². The van der Waals surface area contributed by atoms with Gasteiger partial charge in [0, 0.05) is 12.6 Å². The molecule has 1 aromatic heterocycles. The van der Waals surface area contributed by atoms with Gasteiger partial charge in [0.25, 0.3) is 0 Å². The first-order valence-electron chi connectivity index (χ1n) is 6.75. The average Bonchev–Trinajstić information content (AvgIpc) is 3.00. The number of carbonyl (C=O) groups is 1. The summed E-state index contributed by atoms with van der Waals surface area (Å²) in [5.41, 5.74) is 2.20. The van der Waals surface area contributed by atoms with Gasteiger partial charge in [-0.3, -0.25) is 4.79 Å². The van der Waals surface area contributed by atoms with Gasteiger partial charge in [0.05, 0.1) is 6.54 Å². The van der Waals surface area contributed by atoms with Crippen LogP contribution in [0.2, 0.25) is 0 Å². The van der Waals surface area contributed by atoms with Crippen LogP contribution in [0, 0.1) is 0 Å². The predicted molar refractivity (Wildman–Crippen MR) is 81.4 cm³/mol. The first kappa shape index (κ1) is 14.7. The Balaban J connectivity index is 1.83. The lowest BCUT2D eigenvalue weighted by molar-refractivity contribution is -0.116. The molecule has 21 heavy (non-hydrogen) atoms. The van der Waals surface area contributed by atoms with Gasteiger partial charge in [-0.25, -0.2) is 9.67 Å². The number of hydrogen-bond acceptors (Lipinski definition) is 3. The maximum Gasteiger partial charge on any atom is 0.244 e.